The largest absolute Gasteiger partial charge is 0.397 e. The van der Waals surface area contributed by atoms with Crippen molar-refractivity contribution in [3.05, 3.63) is 0 Å². The van der Waals surface area contributed by atoms with Crippen LogP contribution in [0.2, 0.25) is 0 Å². The molecule has 0 aliphatic carbocycles. The van der Waals surface area contributed by atoms with Gasteiger partial charge in [-0.3, -0.25) is 4.55 Å². The molecule has 0 rings (SSSR count). The second kappa shape index (κ2) is 14.5. The molecule has 1 atom stereocenters. The van der Waals surface area contributed by atoms with Gasteiger partial charge in [-0.05, 0) is 12.3 Å². The highest BCUT2D eigenvalue weighted by Crippen LogP contribution is 2.16. The quantitative estimate of drug-likeness (QED) is 0.297. The summed E-state index contributed by atoms with van der Waals surface area (Å²) in [6, 6.07) is 0. The van der Waals surface area contributed by atoms with E-state index in [2.05, 4.69) is 18.0 Å². The van der Waals surface area contributed by atoms with Gasteiger partial charge in [0.05, 0.1) is 6.61 Å². The highest BCUT2D eigenvalue weighted by molar-refractivity contribution is 7.80. The van der Waals surface area contributed by atoms with E-state index < -0.39 is 10.4 Å². The van der Waals surface area contributed by atoms with Crippen LogP contribution >= 0.6 is 0 Å². The predicted molar refractivity (Wildman–Crippen MR) is 92.4 cm³/mol. The van der Waals surface area contributed by atoms with Crippen LogP contribution in [0.3, 0.4) is 0 Å². The average molecular weight is 337 g/mol. The molecule has 0 bridgehead atoms. The lowest BCUT2D eigenvalue weighted by Crippen LogP contribution is -2.04. The third-order valence-corrected chi connectivity index (χ3v) is 4.57. The van der Waals surface area contributed by atoms with E-state index in [4.69, 9.17) is 4.55 Å². The smallest absolute Gasteiger partial charge is 0.264 e. The summed E-state index contributed by atoms with van der Waals surface area (Å²) >= 11 is 0. The number of hydrogen-bond donors (Lipinski definition) is 1. The molecule has 0 amide bonds. The van der Waals surface area contributed by atoms with Gasteiger partial charge in [0.25, 0.3) is 0 Å². The number of unbranched alkanes of at least 4 members (excludes halogenated alkanes) is 9. The summed E-state index contributed by atoms with van der Waals surface area (Å²) in [4.78, 5) is 0. The molecule has 0 aromatic carbocycles. The molecule has 0 spiro atoms. The molecule has 4 nitrogen and oxygen atoms in total. The molecule has 0 aromatic rings. The summed E-state index contributed by atoms with van der Waals surface area (Å²) in [6.07, 6.45) is 16.1. The fraction of sp³-hybridized carbons (Fsp3) is 1.00. The zero-order valence-corrected chi connectivity index (χ0v) is 15.4. The number of hydrogen-bond acceptors (Lipinski definition) is 3. The van der Waals surface area contributed by atoms with Crippen LogP contribution in [0.1, 0.15) is 97.3 Å². The highest BCUT2D eigenvalue weighted by atomic mass is 32.3. The van der Waals surface area contributed by atoms with Crippen LogP contribution in [0.5, 0.6) is 0 Å². The first kappa shape index (κ1) is 21.9. The maximum absolute atomic E-state index is 10.3. The monoisotopic (exact) mass is 336 g/mol. The first-order chi connectivity index (χ1) is 10.5. The Morgan fingerprint density at radius 1 is 0.818 bits per heavy atom. The van der Waals surface area contributed by atoms with Gasteiger partial charge in [-0.2, -0.15) is 8.42 Å². The highest BCUT2D eigenvalue weighted by Gasteiger charge is 2.02. The molecule has 0 radical (unpaired) electrons. The fourth-order valence-electron chi connectivity index (χ4n) is 2.81. The van der Waals surface area contributed by atoms with Crippen molar-refractivity contribution >= 4 is 10.4 Å². The third-order valence-electron chi connectivity index (χ3n) is 4.10. The van der Waals surface area contributed by atoms with Crippen LogP contribution in [-0.4, -0.2) is 19.6 Å². The van der Waals surface area contributed by atoms with E-state index in [0.717, 1.165) is 18.8 Å². The molecule has 0 fully saturated rings. The Morgan fingerprint density at radius 3 is 1.73 bits per heavy atom. The van der Waals surface area contributed by atoms with Crippen LogP contribution in [-0.2, 0) is 14.6 Å². The molecule has 134 valence electrons. The Balaban J connectivity index is 3.11. The minimum absolute atomic E-state index is 0.0925. The van der Waals surface area contributed by atoms with Crippen LogP contribution < -0.4 is 0 Å². The third kappa shape index (κ3) is 17.9. The summed E-state index contributed by atoms with van der Waals surface area (Å²) in [7, 11) is -4.25. The van der Waals surface area contributed by atoms with E-state index in [1.54, 1.807) is 0 Å². The van der Waals surface area contributed by atoms with Crippen molar-refractivity contribution in [3.63, 3.8) is 0 Å². The average Bonchev–Trinajstić information content (AvgIpc) is 2.43. The SMILES string of the molecule is CCCC(C)CCCCCCCCCCCCOS(=O)(=O)O. The second-order valence-electron chi connectivity index (χ2n) is 6.47. The van der Waals surface area contributed by atoms with Crippen molar-refractivity contribution in [2.24, 2.45) is 5.92 Å². The molecule has 0 saturated heterocycles. The van der Waals surface area contributed by atoms with Gasteiger partial charge in [0.2, 0.25) is 0 Å². The van der Waals surface area contributed by atoms with Gasteiger partial charge in [0.1, 0.15) is 0 Å². The van der Waals surface area contributed by atoms with Crippen LogP contribution in [0.25, 0.3) is 0 Å². The standard InChI is InChI=1S/C17H36O4S/c1-3-14-17(2)15-12-10-8-6-4-5-7-9-11-13-16-21-22(18,19)20/h17H,3-16H2,1-2H3,(H,18,19,20). The van der Waals surface area contributed by atoms with Crippen molar-refractivity contribution in [1.29, 1.82) is 0 Å². The van der Waals surface area contributed by atoms with E-state index in [1.807, 2.05) is 0 Å². The molecule has 1 N–H and O–H groups in total. The van der Waals surface area contributed by atoms with Gasteiger partial charge < -0.3 is 0 Å². The molecule has 0 saturated carbocycles. The van der Waals surface area contributed by atoms with E-state index in [-0.39, 0.29) is 6.61 Å². The molecule has 0 aliphatic heterocycles. The molecule has 1 unspecified atom stereocenters. The van der Waals surface area contributed by atoms with Crippen molar-refractivity contribution < 1.29 is 17.2 Å². The molecular weight excluding hydrogens is 300 g/mol. The molecule has 0 aromatic heterocycles. The summed E-state index contributed by atoms with van der Waals surface area (Å²) in [5.41, 5.74) is 0. The lowest BCUT2D eigenvalue weighted by Gasteiger charge is -2.09. The van der Waals surface area contributed by atoms with Crippen molar-refractivity contribution in [1.82, 2.24) is 0 Å². The fourth-order valence-corrected chi connectivity index (χ4v) is 3.14. The molecule has 22 heavy (non-hydrogen) atoms. The van der Waals surface area contributed by atoms with Crippen LogP contribution in [0.4, 0.5) is 0 Å². The maximum Gasteiger partial charge on any atom is 0.397 e. The van der Waals surface area contributed by atoms with Crippen LogP contribution in [0, 0.1) is 5.92 Å². The van der Waals surface area contributed by atoms with Gasteiger partial charge in [0.15, 0.2) is 0 Å². The first-order valence-corrected chi connectivity index (χ1v) is 10.4. The number of rotatable bonds is 16. The zero-order valence-electron chi connectivity index (χ0n) is 14.6. The molecular formula is C17H36O4S. The van der Waals surface area contributed by atoms with Crippen molar-refractivity contribution in [3.8, 4) is 0 Å². The van der Waals surface area contributed by atoms with Gasteiger partial charge in [0, 0.05) is 0 Å². The topological polar surface area (TPSA) is 63.6 Å². The summed E-state index contributed by atoms with van der Waals surface area (Å²) < 4.78 is 33.3. The van der Waals surface area contributed by atoms with E-state index >= 15 is 0 Å². The van der Waals surface area contributed by atoms with E-state index in [1.165, 1.54) is 64.2 Å². The molecule has 0 heterocycles. The summed E-state index contributed by atoms with van der Waals surface area (Å²) in [5.74, 6) is 0.898. The van der Waals surface area contributed by atoms with Crippen molar-refractivity contribution in [2.75, 3.05) is 6.61 Å². The lowest BCUT2D eigenvalue weighted by atomic mass is 9.98. The maximum atomic E-state index is 10.3. The molecule has 5 heteroatoms. The molecule has 0 aliphatic rings. The minimum Gasteiger partial charge on any atom is -0.264 e. The normalized spacial score (nSPS) is 13.4. The van der Waals surface area contributed by atoms with Gasteiger partial charge in [-0.15, -0.1) is 0 Å². The summed E-state index contributed by atoms with van der Waals surface area (Å²) in [6.45, 7) is 4.72. The van der Waals surface area contributed by atoms with Crippen LogP contribution in [0.15, 0.2) is 0 Å². The Labute approximate surface area is 138 Å². The lowest BCUT2D eigenvalue weighted by molar-refractivity contribution is 0.261. The Hall–Kier alpha value is -0.130. The van der Waals surface area contributed by atoms with Gasteiger partial charge >= 0.3 is 10.4 Å². The van der Waals surface area contributed by atoms with Crippen molar-refractivity contribution in [2.45, 2.75) is 97.3 Å². The summed E-state index contributed by atoms with van der Waals surface area (Å²) in [5, 5.41) is 0. The Bertz CT molecular complexity index is 328. The van der Waals surface area contributed by atoms with E-state index in [0.29, 0.717) is 6.42 Å². The Morgan fingerprint density at radius 2 is 1.27 bits per heavy atom. The van der Waals surface area contributed by atoms with Gasteiger partial charge in [-0.1, -0.05) is 90.9 Å². The Kier molecular flexibility index (Phi) is 14.4. The second-order valence-corrected chi connectivity index (χ2v) is 7.56. The first-order valence-electron chi connectivity index (χ1n) is 9.07. The zero-order chi connectivity index (χ0) is 16.7. The minimum atomic E-state index is -4.25. The predicted octanol–water partition coefficient (Wildman–Crippen LogP) is 5.53. The van der Waals surface area contributed by atoms with E-state index in [9.17, 15) is 8.42 Å². The van der Waals surface area contributed by atoms with Gasteiger partial charge in [-0.25, -0.2) is 4.18 Å².